The molecule has 0 bridgehead atoms. The number of aliphatic hydroxyl groups excluding tert-OH is 1. The molecule has 2 rings (SSSR count). The summed E-state index contributed by atoms with van der Waals surface area (Å²) in [6.45, 7) is 0.702. The Bertz CT molecular complexity index is 588. The van der Waals surface area contributed by atoms with Crippen molar-refractivity contribution in [1.29, 1.82) is 5.26 Å². The van der Waals surface area contributed by atoms with Gasteiger partial charge in [0.15, 0.2) is 6.61 Å². The van der Waals surface area contributed by atoms with Gasteiger partial charge in [0, 0.05) is 17.8 Å². The van der Waals surface area contributed by atoms with Crippen LogP contribution in [0.2, 0.25) is 0 Å². The minimum atomic E-state index is 0.0439. The van der Waals surface area contributed by atoms with Crippen LogP contribution in [0.5, 0.6) is 5.75 Å². The average molecular weight is 268 g/mol. The number of rotatable bonds is 6. The minimum Gasteiger partial charge on any atom is -0.478 e. The average Bonchev–Trinajstić information content (AvgIpc) is 2.52. The van der Waals surface area contributed by atoms with E-state index in [1.54, 1.807) is 0 Å². The SMILES string of the molecule is N#CCOc1ccccc1CNc1ccc(CO)cc1. The normalized spacial score (nSPS) is 9.80. The van der Waals surface area contributed by atoms with E-state index in [9.17, 15) is 0 Å². The lowest BCUT2D eigenvalue weighted by Gasteiger charge is -2.11. The van der Waals surface area contributed by atoms with Crippen LogP contribution >= 0.6 is 0 Å². The van der Waals surface area contributed by atoms with Gasteiger partial charge in [-0.25, -0.2) is 0 Å². The summed E-state index contributed by atoms with van der Waals surface area (Å²) in [7, 11) is 0. The predicted octanol–water partition coefficient (Wildman–Crippen LogP) is 2.69. The van der Waals surface area contributed by atoms with E-state index >= 15 is 0 Å². The van der Waals surface area contributed by atoms with E-state index in [0.717, 1.165) is 16.8 Å². The molecule has 0 unspecified atom stereocenters. The Hall–Kier alpha value is -2.51. The number of hydrogen-bond acceptors (Lipinski definition) is 4. The van der Waals surface area contributed by atoms with Gasteiger partial charge >= 0.3 is 0 Å². The monoisotopic (exact) mass is 268 g/mol. The Kier molecular flexibility index (Phi) is 4.99. The van der Waals surface area contributed by atoms with Crippen LogP contribution in [0.4, 0.5) is 5.69 Å². The van der Waals surface area contributed by atoms with Crippen molar-refractivity contribution < 1.29 is 9.84 Å². The Morgan fingerprint density at radius 1 is 1.10 bits per heavy atom. The Labute approximate surface area is 118 Å². The first-order valence-electron chi connectivity index (χ1n) is 6.35. The van der Waals surface area contributed by atoms with E-state index in [-0.39, 0.29) is 13.2 Å². The predicted molar refractivity (Wildman–Crippen MR) is 77.2 cm³/mol. The van der Waals surface area contributed by atoms with Crippen LogP contribution in [0.3, 0.4) is 0 Å². The quantitative estimate of drug-likeness (QED) is 0.845. The van der Waals surface area contributed by atoms with Crippen LogP contribution in [-0.4, -0.2) is 11.7 Å². The molecule has 0 aromatic heterocycles. The van der Waals surface area contributed by atoms with E-state index in [1.807, 2.05) is 54.6 Å². The summed E-state index contributed by atoms with van der Waals surface area (Å²) >= 11 is 0. The van der Waals surface area contributed by atoms with Crippen LogP contribution in [-0.2, 0) is 13.2 Å². The number of nitrogens with one attached hydrogen (secondary N) is 1. The number of para-hydroxylation sites is 1. The number of ether oxygens (including phenoxy) is 1. The Balaban J connectivity index is 2.01. The summed E-state index contributed by atoms with van der Waals surface area (Å²) in [4.78, 5) is 0. The molecular weight excluding hydrogens is 252 g/mol. The summed E-state index contributed by atoms with van der Waals surface area (Å²) in [5.74, 6) is 0.716. The van der Waals surface area contributed by atoms with Crippen LogP contribution < -0.4 is 10.1 Å². The number of aliphatic hydroxyl groups is 1. The topological polar surface area (TPSA) is 65.3 Å². The summed E-state index contributed by atoms with van der Waals surface area (Å²) in [5.41, 5.74) is 2.85. The van der Waals surface area contributed by atoms with Gasteiger partial charge in [-0.3, -0.25) is 0 Å². The summed E-state index contributed by atoms with van der Waals surface area (Å²) in [6.07, 6.45) is 0. The Morgan fingerprint density at radius 3 is 2.55 bits per heavy atom. The molecular formula is C16H16N2O2. The first kappa shape index (κ1) is 13.9. The smallest absolute Gasteiger partial charge is 0.174 e. The van der Waals surface area contributed by atoms with Crippen LogP contribution in [0.25, 0.3) is 0 Å². The first-order valence-corrected chi connectivity index (χ1v) is 6.35. The van der Waals surface area contributed by atoms with Gasteiger partial charge in [-0.15, -0.1) is 0 Å². The third-order valence-corrected chi connectivity index (χ3v) is 2.88. The standard InChI is InChI=1S/C16H16N2O2/c17-9-10-20-16-4-2-1-3-14(16)11-18-15-7-5-13(12-19)6-8-15/h1-8,18-19H,10-12H2. The molecule has 2 N–H and O–H groups in total. The van der Waals surface area contributed by atoms with Crippen molar-refractivity contribution in [2.24, 2.45) is 0 Å². The fourth-order valence-corrected chi connectivity index (χ4v) is 1.83. The maximum absolute atomic E-state index is 8.99. The van der Waals surface area contributed by atoms with E-state index in [0.29, 0.717) is 12.3 Å². The lowest BCUT2D eigenvalue weighted by molar-refractivity contribution is 0.282. The molecule has 0 aliphatic rings. The lowest BCUT2D eigenvalue weighted by atomic mass is 10.2. The van der Waals surface area contributed by atoms with Crippen LogP contribution in [0.1, 0.15) is 11.1 Å². The number of anilines is 1. The second-order valence-electron chi connectivity index (χ2n) is 4.26. The fraction of sp³-hybridized carbons (Fsp3) is 0.188. The second kappa shape index (κ2) is 7.17. The van der Waals surface area contributed by atoms with Gasteiger partial charge in [0.1, 0.15) is 11.8 Å². The van der Waals surface area contributed by atoms with Crippen molar-refractivity contribution in [3.63, 3.8) is 0 Å². The summed E-state index contributed by atoms with van der Waals surface area (Å²) in [5, 5.41) is 20.8. The van der Waals surface area contributed by atoms with Gasteiger partial charge in [0.25, 0.3) is 0 Å². The van der Waals surface area contributed by atoms with Gasteiger partial charge in [-0.2, -0.15) is 5.26 Å². The third-order valence-electron chi connectivity index (χ3n) is 2.88. The van der Waals surface area contributed by atoms with Crippen LogP contribution in [0, 0.1) is 11.3 Å². The van der Waals surface area contributed by atoms with Crippen molar-refractivity contribution in [3.05, 3.63) is 59.7 Å². The maximum Gasteiger partial charge on any atom is 0.174 e. The highest BCUT2D eigenvalue weighted by Crippen LogP contribution is 2.19. The molecule has 2 aromatic carbocycles. The summed E-state index contributed by atoms with van der Waals surface area (Å²) < 4.78 is 5.38. The van der Waals surface area contributed by atoms with Crippen molar-refractivity contribution >= 4 is 5.69 Å². The molecule has 2 aromatic rings. The molecule has 0 saturated heterocycles. The molecule has 0 aliphatic carbocycles. The van der Waals surface area contributed by atoms with Gasteiger partial charge in [-0.1, -0.05) is 30.3 Å². The van der Waals surface area contributed by atoms with Gasteiger partial charge in [0.05, 0.1) is 6.61 Å². The highest BCUT2D eigenvalue weighted by Gasteiger charge is 2.02. The van der Waals surface area contributed by atoms with E-state index in [2.05, 4.69) is 5.32 Å². The molecule has 4 heteroatoms. The van der Waals surface area contributed by atoms with Gasteiger partial charge in [0.2, 0.25) is 0 Å². The van der Waals surface area contributed by atoms with Crippen molar-refractivity contribution in [1.82, 2.24) is 0 Å². The van der Waals surface area contributed by atoms with Crippen LogP contribution in [0.15, 0.2) is 48.5 Å². The molecule has 0 spiro atoms. The maximum atomic E-state index is 8.99. The molecule has 0 atom stereocenters. The minimum absolute atomic E-state index is 0.0439. The molecule has 102 valence electrons. The van der Waals surface area contributed by atoms with Crippen molar-refractivity contribution in [2.45, 2.75) is 13.2 Å². The number of hydrogen-bond donors (Lipinski definition) is 2. The van der Waals surface area contributed by atoms with Crippen molar-refractivity contribution in [2.75, 3.05) is 11.9 Å². The molecule has 0 saturated carbocycles. The van der Waals surface area contributed by atoms with Crippen molar-refractivity contribution in [3.8, 4) is 11.8 Å². The fourth-order valence-electron chi connectivity index (χ4n) is 1.83. The zero-order valence-electron chi connectivity index (χ0n) is 11.0. The molecule has 0 heterocycles. The van der Waals surface area contributed by atoms with E-state index in [4.69, 9.17) is 15.1 Å². The Morgan fingerprint density at radius 2 is 1.85 bits per heavy atom. The molecule has 0 fully saturated rings. The highest BCUT2D eigenvalue weighted by atomic mass is 16.5. The second-order valence-corrected chi connectivity index (χ2v) is 4.26. The number of benzene rings is 2. The third kappa shape index (κ3) is 3.74. The number of nitrogens with zero attached hydrogens (tertiary/aromatic N) is 1. The molecule has 0 radical (unpaired) electrons. The van der Waals surface area contributed by atoms with E-state index in [1.165, 1.54) is 0 Å². The number of nitriles is 1. The highest BCUT2D eigenvalue weighted by molar-refractivity contribution is 5.46. The molecule has 0 aliphatic heterocycles. The zero-order chi connectivity index (χ0) is 14.2. The first-order chi connectivity index (χ1) is 9.83. The van der Waals surface area contributed by atoms with Gasteiger partial charge < -0.3 is 15.2 Å². The molecule has 0 amide bonds. The summed E-state index contributed by atoms with van der Waals surface area (Å²) in [6, 6.07) is 17.2. The lowest BCUT2D eigenvalue weighted by Crippen LogP contribution is -2.03. The zero-order valence-corrected chi connectivity index (χ0v) is 11.0. The van der Waals surface area contributed by atoms with E-state index < -0.39 is 0 Å². The molecule has 20 heavy (non-hydrogen) atoms. The van der Waals surface area contributed by atoms with Gasteiger partial charge in [-0.05, 0) is 23.8 Å². The molecule has 4 nitrogen and oxygen atoms in total. The largest absolute Gasteiger partial charge is 0.478 e.